The highest BCUT2D eigenvalue weighted by Gasteiger charge is 2.36. The molecule has 1 atom stereocenters. The molecule has 7 nitrogen and oxygen atoms in total. The van der Waals surface area contributed by atoms with Crippen LogP contribution in [0.5, 0.6) is 5.75 Å². The van der Waals surface area contributed by atoms with Gasteiger partial charge in [0, 0.05) is 23.7 Å². The zero-order valence-corrected chi connectivity index (χ0v) is 16.9. The molecule has 0 aromatic heterocycles. The summed E-state index contributed by atoms with van der Waals surface area (Å²) in [7, 11) is 1.50. The first-order valence-electron chi connectivity index (χ1n) is 9.05. The number of nitrogens with one attached hydrogen (secondary N) is 1. The molecule has 1 aliphatic rings. The number of nitrogens with zero attached hydrogens (tertiary/aromatic N) is 1. The van der Waals surface area contributed by atoms with Crippen LogP contribution in [-0.4, -0.2) is 38.0 Å². The van der Waals surface area contributed by atoms with Gasteiger partial charge in [-0.2, -0.15) is 0 Å². The van der Waals surface area contributed by atoms with E-state index in [0.29, 0.717) is 22.1 Å². The average Bonchev–Trinajstić information content (AvgIpc) is 3.10. The van der Waals surface area contributed by atoms with Gasteiger partial charge in [0.25, 0.3) is 5.91 Å². The third kappa shape index (κ3) is 4.86. The molecule has 29 heavy (non-hydrogen) atoms. The summed E-state index contributed by atoms with van der Waals surface area (Å²) < 4.78 is 10.3. The summed E-state index contributed by atoms with van der Waals surface area (Å²) in [6.45, 7) is 1.61. The van der Waals surface area contributed by atoms with Crippen molar-refractivity contribution in [1.82, 2.24) is 0 Å². The summed E-state index contributed by atoms with van der Waals surface area (Å²) in [5.74, 6) is -1.41. The second kappa shape index (κ2) is 8.96. The predicted molar refractivity (Wildman–Crippen MR) is 109 cm³/mol. The Balaban J connectivity index is 1.55. The number of aryl methyl sites for hydroxylation is 1. The van der Waals surface area contributed by atoms with Crippen molar-refractivity contribution in [2.75, 3.05) is 30.5 Å². The van der Waals surface area contributed by atoms with E-state index >= 15 is 0 Å². The lowest BCUT2D eigenvalue weighted by molar-refractivity contribution is -0.151. The van der Waals surface area contributed by atoms with Crippen LogP contribution in [-0.2, 0) is 19.1 Å². The maximum Gasteiger partial charge on any atom is 0.311 e. The van der Waals surface area contributed by atoms with Crippen LogP contribution in [0, 0.1) is 12.8 Å². The molecular weight excluding hydrogens is 396 g/mol. The van der Waals surface area contributed by atoms with Crippen molar-refractivity contribution in [2.45, 2.75) is 13.3 Å². The molecule has 2 aromatic carbocycles. The quantitative estimate of drug-likeness (QED) is 0.731. The topological polar surface area (TPSA) is 84.9 Å². The standard InChI is InChI=1S/C21H21ClN2O5/c1-13-7-8-15(10-16(13)22)24-11-14(9-20(24)26)21(27)29-12-19(25)23-17-5-3-4-6-18(17)28-2/h3-8,10,14H,9,11-12H2,1-2H3,(H,23,25)/t14-/m0/s1. The van der Waals surface area contributed by atoms with Crippen LogP contribution in [0.4, 0.5) is 11.4 Å². The molecule has 0 spiro atoms. The molecule has 1 saturated heterocycles. The molecule has 1 aliphatic heterocycles. The number of methoxy groups -OCH3 is 1. The fraction of sp³-hybridized carbons (Fsp3) is 0.286. The van der Waals surface area contributed by atoms with Crippen LogP contribution in [0.3, 0.4) is 0 Å². The summed E-state index contributed by atoms with van der Waals surface area (Å²) in [4.78, 5) is 38.2. The molecule has 2 aromatic rings. The van der Waals surface area contributed by atoms with Gasteiger partial charge in [0.15, 0.2) is 6.61 Å². The molecule has 0 radical (unpaired) electrons. The number of carbonyl (C=O) groups is 3. The molecule has 0 saturated carbocycles. The van der Waals surface area contributed by atoms with Gasteiger partial charge in [-0.05, 0) is 36.8 Å². The number of benzene rings is 2. The van der Waals surface area contributed by atoms with E-state index in [1.54, 1.807) is 36.4 Å². The van der Waals surface area contributed by atoms with E-state index in [2.05, 4.69) is 5.32 Å². The highest BCUT2D eigenvalue weighted by Crippen LogP contribution is 2.29. The molecule has 1 N–H and O–H groups in total. The third-order valence-electron chi connectivity index (χ3n) is 4.65. The van der Waals surface area contributed by atoms with Crippen LogP contribution >= 0.6 is 11.6 Å². The van der Waals surface area contributed by atoms with Gasteiger partial charge < -0.3 is 19.7 Å². The summed E-state index contributed by atoms with van der Waals surface area (Å²) in [5, 5.41) is 3.18. The number of hydrogen-bond donors (Lipinski definition) is 1. The number of carbonyl (C=O) groups excluding carboxylic acids is 3. The van der Waals surface area contributed by atoms with Gasteiger partial charge in [-0.3, -0.25) is 14.4 Å². The number of para-hydroxylation sites is 2. The SMILES string of the molecule is COc1ccccc1NC(=O)COC(=O)[C@H]1CC(=O)N(c2ccc(C)c(Cl)c2)C1. The Labute approximate surface area is 173 Å². The van der Waals surface area contributed by atoms with Crippen LogP contribution in [0.2, 0.25) is 5.02 Å². The summed E-state index contributed by atoms with van der Waals surface area (Å²) in [5.41, 5.74) is 2.02. The molecular formula is C21H21ClN2O5. The molecule has 0 aliphatic carbocycles. The van der Waals surface area contributed by atoms with Crippen LogP contribution in [0.15, 0.2) is 42.5 Å². The Bertz CT molecular complexity index is 946. The van der Waals surface area contributed by atoms with Gasteiger partial charge in [-0.15, -0.1) is 0 Å². The van der Waals surface area contributed by atoms with E-state index in [0.717, 1.165) is 5.56 Å². The molecule has 1 heterocycles. The smallest absolute Gasteiger partial charge is 0.311 e. The van der Waals surface area contributed by atoms with E-state index in [1.807, 2.05) is 13.0 Å². The van der Waals surface area contributed by atoms with Crippen molar-refractivity contribution in [2.24, 2.45) is 5.92 Å². The van der Waals surface area contributed by atoms with Crippen molar-refractivity contribution in [3.8, 4) is 5.75 Å². The first-order valence-corrected chi connectivity index (χ1v) is 9.43. The highest BCUT2D eigenvalue weighted by atomic mass is 35.5. The monoisotopic (exact) mass is 416 g/mol. The van der Waals surface area contributed by atoms with Crippen LogP contribution in [0.1, 0.15) is 12.0 Å². The Morgan fingerprint density at radius 3 is 2.72 bits per heavy atom. The van der Waals surface area contributed by atoms with Gasteiger partial charge in [0.2, 0.25) is 5.91 Å². The first-order chi connectivity index (χ1) is 13.9. The van der Waals surface area contributed by atoms with Crippen LogP contribution < -0.4 is 15.0 Å². The van der Waals surface area contributed by atoms with Gasteiger partial charge in [-0.25, -0.2) is 0 Å². The lowest BCUT2D eigenvalue weighted by atomic mass is 10.1. The minimum atomic E-state index is -0.637. The predicted octanol–water partition coefficient (Wildman–Crippen LogP) is 3.19. The van der Waals surface area contributed by atoms with Gasteiger partial charge in [-0.1, -0.05) is 29.8 Å². The molecule has 0 unspecified atom stereocenters. The van der Waals surface area contributed by atoms with E-state index in [9.17, 15) is 14.4 Å². The highest BCUT2D eigenvalue weighted by molar-refractivity contribution is 6.31. The van der Waals surface area contributed by atoms with E-state index in [-0.39, 0.29) is 18.9 Å². The normalized spacial score (nSPS) is 15.9. The van der Waals surface area contributed by atoms with E-state index < -0.39 is 24.4 Å². The van der Waals surface area contributed by atoms with Crippen molar-refractivity contribution < 1.29 is 23.9 Å². The number of ether oxygens (including phenoxy) is 2. The van der Waals surface area contributed by atoms with Crippen molar-refractivity contribution in [3.05, 3.63) is 53.1 Å². The molecule has 2 amide bonds. The maximum atomic E-state index is 12.3. The zero-order valence-electron chi connectivity index (χ0n) is 16.1. The second-order valence-corrected chi connectivity index (χ2v) is 7.10. The molecule has 1 fully saturated rings. The molecule has 3 rings (SSSR count). The number of anilines is 2. The lowest BCUT2D eigenvalue weighted by Crippen LogP contribution is -2.28. The van der Waals surface area contributed by atoms with Crippen molar-refractivity contribution >= 4 is 40.8 Å². The Hall–Kier alpha value is -3.06. The Morgan fingerprint density at radius 1 is 1.24 bits per heavy atom. The van der Waals surface area contributed by atoms with E-state index in [4.69, 9.17) is 21.1 Å². The first kappa shape index (κ1) is 20.7. The Morgan fingerprint density at radius 2 is 2.00 bits per heavy atom. The summed E-state index contributed by atoms with van der Waals surface area (Å²) in [6, 6.07) is 12.2. The fourth-order valence-electron chi connectivity index (χ4n) is 3.05. The van der Waals surface area contributed by atoms with Gasteiger partial charge in [0.05, 0.1) is 18.7 Å². The summed E-state index contributed by atoms with van der Waals surface area (Å²) >= 11 is 6.13. The maximum absolute atomic E-state index is 12.3. The van der Waals surface area contributed by atoms with Gasteiger partial charge in [0.1, 0.15) is 5.75 Å². The van der Waals surface area contributed by atoms with Crippen molar-refractivity contribution in [3.63, 3.8) is 0 Å². The van der Waals surface area contributed by atoms with Gasteiger partial charge >= 0.3 is 5.97 Å². The second-order valence-electron chi connectivity index (χ2n) is 6.70. The number of hydrogen-bond acceptors (Lipinski definition) is 5. The van der Waals surface area contributed by atoms with E-state index in [1.165, 1.54) is 12.0 Å². The summed E-state index contributed by atoms with van der Waals surface area (Å²) in [6.07, 6.45) is 0.0262. The van der Waals surface area contributed by atoms with Crippen molar-refractivity contribution in [1.29, 1.82) is 0 Å². The molecule has 8 heteroatoms. The zero-order chi connectivity index (χ0) is 21.0. The number of amides is 2. The number of rotatable bonds is 6. The fourth-order valence-corrected chi connectivity index (χ4v) is 3.23. The minimum Gasteiger partial charge on any atom is -0.495 e. The molecule has 152 valence electrons. The lowest BCUT2D eigenvalue weighted by Gasteiger charge is -2.17. The Kier molecular flexibility index (Phi) is 6.39. The number of esters is 1. The minimum absolute atomic E-state index is 0.0262. The average molecular weight is 417 g/mol. The third-order valence-corrected chi connectivity index (χ3v) is 5.06. The largest absolute Gasteiger partial charge is 0.495 e. The number of halogens is 1. The van der Waals surface area contributed by atoms with Crippen LogP contribution in [0.25, 0.3) is 0 Å². The molecule has 0 bridgehead atoms.